The Balaban J connectivity index is 2.25. The van der Waals surface area contributed by atoms with Crippen LogP contribution in [0.5, 0.6) is 0 Å². The molecule has 2 heterocycles. The highest BCUT2D eigenvalue weighted by Crippen LogP contribution is 2.34. The van der Waals surface area contributed by atoms with E-state index in [0.29, 0.717) is 0 Å². The summed E-state index contributed by atoms with van der Waals surface area (Å²) < 4.78 is 8.68. The molecule has 4 nitrogen and oxygen atoms in total. The Hall–Kier alpha value is -1.69. The summed E-state index contributed by atoms with van der Waals surface area (Å²) in [6.07, 6.45) is 0.511. The number of halogens is 1. The molecule has 0 amide bonds. The Labute approximate surface area is 181 Å². The van der Waals surface area contributed by atoms with Gasteiger partial charge in [-0.15, -0.1) is 0 Å². The van der Waals surface area contributed by atoms with E-state index >= 15 is 0 Å². The average molecular weight is 429 g/mol. The standard InChI is InChI=1S/C23H31ClN3OSi/c1-9-19-26-20-14(2)12-15(3)25-21(20)27(19)22(28-29(7)8)16-10-11-17(18(24)13-16)23(4,5)6/h10-13,22H,9H2,1-8H3. The molecule has 29 heavy (non-hydrogen) atoms. The molecule has 1 atom stereocenters. The zero-order valence-electron chi connectivity index (χ0n) is 18.7. The summed E-state index contributed by atoms with van der Waals surface area (Å²) in [5.74, 6) is 0.977. The van der Waals surface area contributed by atoms with Gasteiger partial charge in [0.15, 0.2) is 11.9 Å². The molecule has 0 N–H and O–H groups in total. The molecule has 0 fully saturated rings. The maximum absolute atomic E-state index is 6.71. The number of aryl methyl sites for hydroxylation is 3. The van der Waals surface area contributed by atoms with Crippen LogP contribution in [0.25, 0.3) is 11.2 Å². The number of hydrogen-bond donors (Lipinski definition) is 0. The van der Waals surface area contributed by atoms with Crippen molar-refractivity contribution in [2.24, 2.45) is 0 Å². The minimum Gasteiger partial charge on any atom is -0.394 e. The van der Waals surface area contributed by atoms with Gasteiger partial charge in [0.05, 0.1) is 0 Å². The van der Waals surface area contributed by atoms with Crippen LogP contribution in [0.2, 0.25) is 18.1 Å². The summed E-state index contributed by atoms with van der Waals surface area (Å²) in [5, 5.41) is 0.771. The monoisotopic (exact) mass is 428 g/mol. The molecular weight excluding hydrogens is 398 g/mol. The highest BCUT2D eigenvalue weighted by Gasteiger charge is 2.26. The molecule has 3 rings (SSSR count). The van der Waals surface area contributed by atoms with Crippen molar-refractivity contribution in [3.63, 3.8) is 0 Å². The number of fused-ring (bicyclic) bond motifs is 1. The maximum Gasteiger partial charge on any atom is 0.208 e. The van der Waals surface area contributed by atoms with Crippen LogP contribution in [-0.4, -0.2) is 23.6 Å². The van der Waals surface area contributed by atoms with Gasteiger partial charge in [0.1, 0.15) is 11.3 Å². The third kappa shape index (κ3) is 4.42. The zero-order valence-corrected chi connectivity index (χ0v) is 20.5. The van der Waals surface area contributed by atoms with Crippen LogP contribution >= 0.6 is 11.6 Å². The van der Waals surface area contributed by atoms with Crippen LogP contribution in [0, 0.1) is 13.8 Å². The number of rotatable bonds is 5. The Kier molecular flexibility index (Phi) is 6.23. The Morgan fingerprint density at radius 3 is 2.38 bits per heavy atom. The first-order chi connectivity index (χ1) is 13.5. The third-order valence-corrected chi connectivity index (χ3v) is 6.03. The van der Waals surface area contributed by atoms with E-state index in [-0.39, 0.29) is 11.6 Å². The molecule has 0 aliphatic carbocycles. The summed E-state index contributed by atoms with van der Waals surface area (Å²) in [4.78, 5) is 9.74. The number of hydrogen-bond acceptors (Lipinski definition) is 3. The summed E-state index contributed by atoms with van der Waals surface area (Å²) >= 11 is 6.71. The lowest BCUT2D eigenvalue weighted by molar-refractivity contribution is 0.176. The normalized spacial score (nSPS) is 13.4. The molecule has 6 heteroatoms. The molecule has 155 valence electrons. The van der Waals surface area contributed by atoms with E-state index in [1.165, 1.54) is 0 Å². The maximum atomic E-state index is 6.71. The lowest BCUT2D eigenvalue weighted by Gasteiger charge is -2.26. The number of aromatic nitrogens is 3. The molecule has 2 aromatic heterocycles. The summed E-state index contributed by atoms with van der Waals surface area (Å²) in [7, 11) is -0.988. The van der Waals surface area contributed by atoms with Gasteiger partial charge in [-0.3, -0.25) is 4.57 Å². The van der Waals surface area contributed by atoms with Crippen molar-refractivity contribution in [2.75, 3.05) is 0 Å². The molecule has 1 radical (unpaired) electrons. The summed E-state index contributed by atoms with van der Waals surface area (Å²) in [5.41, 5.74) is 6.10. The molecule has 1 unspecified atom stereocenters. The van der Waals surface area contributed by atoms with Crippen LogP contribution in [0.3, 0.4) is 0 Å². The second-order valence-electron chi connectivity index (χ2n) is 8.87. The molecule has 0 saturated heterocycles. The van der Waals surface area contributed by atoms with Gasteiger partial charge in [-0.1, -0.05) is 51.4 Å². The predicted molar refractivity (Wildman–Crippen MR) is 123 cm³/mol. The first kappa shape index (κ1) is 22.0. The summed E-state index contributed by atoms with van der Waals surface area (Å²) in [6.45, 7) is 17.1. The second kappa shape index (κ2) is 8.21. The number of imidazole rings is 1. The largest absolute Gasteiger partial charge is 0.394 e. The third-order valence-electron chi connectivity index (χ3n) is 5.02. The van der Waals surface area contributed by atoms with Crippen molar-refractivity contribution in [3.05, 3.63) is 57.5 Å². The lowest BCUT2D eigenvalue weighted by atomic mass is 9.86. The molecule has 0 bridgehead atoms. The quantitative estimate of drug-likeness (QED) is 0.443. The van der Waals surface area contributed by atoms with Crippen molar-refractivity contribution in [3.8, 4) is 0 Å². The highest BCUT2D eigenvalue weighted by atomic mass is 35.5. The van der Waals surface area contributed by atoms with Crippen molar-refractivity contribution in [1.29, 1.82) is 0 Å². The fourth-order valence-electron chi connectivity index (χ4n) is 3.70. The lowest BCUT2D eigenvalue weighted by Crippen LogP contribution is -2.23. The van der Waals surface area contributed by atoms with E-state index in [1.807, 2.05) is 13.0 Å². The van der Waals surface area contributed by atoms with Crippen molar-refractivity contribution < 1.29 is 4.43 Å². The van der Waals surface area contributed by atoms with E-state index in [4.69, 9.17) is 26.0 Å². The van der Waals surface area contributed by atoms with Crippen LogP contribution in [0.1, 0.15) is 62.1 Å². The van der Waals surface area contributed by atoms with Crippen LogP contribution in [-0.2, 0) is 16.3 Å². The van der Waals surface area contributed by atoms with E-state index < -0.39 is 9.04 Å². The molecule has 0 aliphatic heterocycles. The van der Waals surface area contributed by atoms with Gasteiger partial charge >= 0.3 is 0 Å². The van der Waals surface area contributed by atoms with Crippen LogP contribution in [0.15, 0.2) is 24.3 Å². The van der Waals surface area contributed by atoms with Gasteiger partial charge in [-0.05, 0) is 55.6 Å². The highest BCUT2D eigenvalue weighted by molar-refractivity contribution is 6.48. The second-order valence-corrected chi connectivity index (χ2v) is 11.3. The van der Waals surface area contributed by atoms with Gasteiger partial charge in [0.25, 0.3) is 0 Å². The van der Waals surface area contributed by atoms with Gasteiger partial charge in [0.2, 0.25) is 9.04 Å². The Morgan fingerprint density at radius 1 is 1.14 bits per heavy atom. The first-order valence-corrected chi connectivity index (χ1v) is 12.9. The fraction of sp³-hybridized carbons (Fsp3) is 0.478. The van der Waals surface area contributed by atoms with E-state index in [0.717, 1.165) is 50.8 Å². The van der Waals surface area contributed by atoms with Crippen LogP contribution < -0.4 is 0 Å². The molecular formula is C23H31ClN3OSi. The fourth-order valence-corrected chi connectivity index (χ4v) is 4.86. The predicted octanol–water partition coefficient (Wildman–Crippen LogP) is 6.38. The molecule has 0 aliphatic rings. The van der Waals surface area contributed by atoms with Crippen molar-refractivity contribution in [2.45, 2.75) is 72.7 Å². The molecule has 0 spiro atoms. The molecule has 1 aromatic carbocycles. The van der Waals surface area contributed by atoms with Crippen molar-refractivity contribution in [1.82, 2.24) is 14.5 Å². The summed E-state index contributed by atoms with van der Waals surface area (Å²) in [6, 6.07) is 8.39. The van der Waals surface area contributed by atoms with Gasteiger partial charge in [-0.2, -0.15) is 0 Å². The van der Waals surface area contributed by atoms with E-state index in [2.05, 4.69) is 70.5 Å². The SMILES string of the molecule is CCc1nc2c(C)cc(C)nc2n1C(O[Si](C)C)c1ccc(C(C)(C)C)c(Cl)c1. The smallest absolute Gasteiger partial charge is 0.208 e. The molecule has 0 saturated carbocycles. The Morgan fingerprint density at radius 2 is 1.83 bits per heavy atom. The van der Waals surface area contributed by atoms with E-state index in [1.54, 1.807) is 0 Å². The van der Waals surface area contributed by atoms with Gasteiger partial charge < -0.3 is 4.43 Å². The number of benzene rings is 1. The minimum atomic E-state index is -0.988. The molecule has 3 aromatic rings. The van der Waals surface area contributed by atoms with Crippen molar-refractivity contribution >= 4 is 31.8 Å². The topological polar surface area (TPSA) is 39.9 Å². The van der Waals surface area contributed by atoms with Crippen LogP contribution in [0.4, 0.5) is 0 Å². The average Bonchev–Trinajstić information content (AvgIpc) is 2.97. The Bertz CT molecular complexity index is 1040. The van der Waals surface area contributed by atoms with Gasteiger partial charge in [0, 0.05) is 22.7 Å². The zero-order chi connectivity index (χ0) is 21.5. The first-order valence-electron chi connectivity index (χ1n) is 10.1. The number of pyridine rings is 1. The van der Waals surface area contributed by atoms with E-state index in [9.17, 15) is 0 Å². The van der Waals surface area contributed by atoms with Gasteiger partial charge in [-0.25, -0.2) is 9.97 Å². The minimum absolute atomic E-state index is 0.0114. The number of nitrogens with zero attached hydrogens (tertiary/aromatic N) is 3.